The number of ether oxygens (including phenoxy) is 1. The van der Waals surface area contributed by atoms with Crippen LogP contribution in [0.4, 0.5) is 0 Å². The predicted octanol–water partition coefficient (Wildman–Crippen LogP) is 3.04. The van der Waals surface area contributed by atoms with E-state index in [1.807, 2.05) is 6.20 Å². The van der Waals surface area contributed by atoms with Gasteiger partial charge < -0.3 is 10.1 Å². The Labute approximate surface area is 110 Å². The number of nitrogens with zero attached hydrogens (tertiary/aromatic N) is 1. The summed E-state index contributed by atoms with van der Waals surface area (Å²) in [6, 6.07) is 4.97. The van der Waals surface area contributed by atoms with Crippen LogP contribution in [0, 0.1) is 0 Å². The summed E-state index contributed by atoms with van der Waals surface area (Å²) in [4.78, 5) is 4.44. The van der Waals surface area contributed by atoms with Gasteiger partial charge in [-0.3, -0.25) is 4.98 Å². The van der Waals surface area contributed by atoms with Crippen LogP contribution in [0.2, 0.25) is 0 Å². The molecule has 1 atom stereocenters. The maximum Gasteiger partial charge on any atom is 0.0891 e. The number of rotatable bonds is 8. The van der Waals surface area contributed by atoms with Gasteiger partial charge in [-0.05, 0) is 37.8 Å². The van der Waals surface area contributed by atoms with Gasteiger partial charge in [0.15, 0.2) is 0 Å². The first-order valence-electron chi connectivity index (χ1n) is 7.06. The van der Waals surface area contributed by atoms with E-state index in [0.717, 1.165) is 24.7 Å². The maximum atomic E-state index is 5.74. The Bertz CT molecular complexity index is 346. The summed E-state index contributed by atoms with van der Waals surface area (Å²) in [7, 11) is 0. The van der Waals surface area contributed by atoms with Crippen molar-refractivity contribution in [2.45, 2.75) is 64.8 Å². The number of nitrogens with one attached hydrogen (secondary N) is 1. The van der Waals surface area contributed by atoms with E-state index in [2.05, 4.69) is 36.3 Å². The van der Waals surface area contributed by atoms with Crippen LogP contribution in [-0.4, -0.2) is 17.1 Å². The average molecular weight is 248 g/mol. The van der Waals surface area contributed by atoms with Crippen molar-refractivity contribution in [1.29, 1.82) is 0 Å². The highest BCUT2D eigenvalue weighted by Crippen LogP contribution is 2.19. The van der Waals surface area contributed by atoms with Gasteiger partial charge in [0.2, 0.25) is 0 Å². The largest absolute Gasteiger partial charge is 0.372 e. The Morgan fingerprint density at radius 3 is 2.89 bits per heavy atom. The molecule has 3 heteroatoms. The third-order valence-corrected chi connectivity index (χ3v) is 3.27. The van der Waals surface area contributed by atoms with Crippen LogP contribution in [0.5, 0.6) is 0 Å². The molecule has 1 fully saturated rings. The van der Waals surface area contributed by atoms with Crippen molar-refractivity contribution in [3.63, 3.8) is 0 Å². The molecule has 3 nitrogen and oxygen atoms in total. The minimum atomic E-state index is 0.327. The Hall–Kier alpha value is -0.930. The van der Waals surface area contributed by atoms with Crippen LogP contribution in [0.3, 0.4) is 0 Å². The summed E-state index contributed by atoms with van der Waals surface area (Å²) in [5.74, 6) is 0. The number of aromatic nitrogens is 1. The van der Waals surface area contributed by atoms with Crippen molar-refractivity contribution in [2.24, 2.45) is 0 Å². The van der Waals surface area contributed by atoms with Crippen molar-refractivity contribution >= 4 is 0 Å². The first-order valence-corrected chi connectivity index (χ1v) is 7.06. The van der Waals surface area contributed by atoms with Crippen LogP contribution in [0.1, 0.15) is 50.8 Å². The lowest BCUT2D eigenvalue weighted by atomic mass is 10.2. The molecule has 1 unspecified atom stereocenters. The van der Waals surface area contributed by atoms with Crippen molar-refractivity contribution in [1.82, 2.24) is 10.3 Å². The first kappa shape index (κ1) is 13.5. The van der Waals surface area contributed by atoms with E-state index in [4.69, 9.17) is 4.74 Å². The molecule has 1 saturated carbocycles. The SMILES string of the molecule is CCCC(C)OCc1ccc(CNC2CC2)cn1. The molecule has 0 radical (unpaired) electrons. The summed E-state index contributed by atoms with van der Waals surface area (Å²) < 4.78 is 5.74. The highest BCUT2D eigenvalue weighted by molar-refractivity contribution is 5.13. The second kappa shape index (κ2) is 6.86. The van der Waals surface area contributed by atoms with E-state index < -0.39 is 0 Å². The zero-order valence-corrected chi connectivity index (χ0v) is 11.5. The summed E-state index contributed by atoms with van der Waals surface area (Å²) in [5, 5.41) is 3.49. The van der Waals surface area contributed by atoms with E-state index in [-0.39, 0.29) is 0 Å². The highest BCUT2D eigenvalue weighted by atomic mass is 16.5. The summed E-state index contributed by atoms with van der Waals surface area (Å²) in [6.45, 7) is 5.86. The summed E-state index contributed by atoms with van der Waals surface area (Å²) in [6.07, 6.45) is 7.22. The predicted molar refractivity (Wildman–Crippen MR) is 73.3 cm³/mol. The smallest absolute Gasteiger partial charge is 0.0891 e. The molecule has 0 amide bonds. The Kier molecular flexibility index (Phi) is 5.14. The lowest BCUT2D eigenvalue weighted by Crippen LogP contribution is -2.15. The normalized spacial score (nSPS) is 16.8. The van der Waals surface area contributed by atoms with Crippen LogP contribution in [0.15, 0.2) is 18.3 Å². The van der Waals surface area contributed by atoms with E-state index in [0.29, 0.717) is 12.7 Å². The van der Waals surface area contributed by atoms with Gasteiger partial charge in [-0.15, -0.1) is 0 Å². The Morgan fingerprint density at radius 1 is 1.44 bits per heavy atom. The van der Waals surface area contributed by atoms with Crippen LogP contribution in [0.25, 0.3) is 0 Å². The zero-order chi connectivity index (χ0) is 12.8. The maximum absolute atomic E-state index is 5.74. The van der Waals surface area contributed by atoms with Crippen molar-refractivity contribution in [3.8, 4) is 0 Å². The minimum Gasteiger partial charge on any atom is -0.372 e. The van der Waals surface area contributed by atoms with Crippen molar-refractivity contribution < 1.29 is 4.74 Å². The van der Waals surface area contributed by atoms with E-state index in [1.54, 1.807) is 0 Å². The van der Waals surface area contributed by atoms with Crippen LogP contribution < -0.4 is 5.32 Å². The van der Waals surface area contributed by atoms with Gasteiger partial charge in [0.05, 0.1) is 18.4 Å². The fourth-order valence-electron chi connectivity index (χ4n) is 1.91. The van der Waals surface area contributed by atoms with Gasteiger partial charge >= 0.3 is 0 Å². The molecule has 1 aliphatic rings. The lowest BCUT2D eigenvalue weighted by molar-refractivity contribution is 0.0452. The topological polar surface area (TPSA) is 34.1 Å². The average Bonchev–Trinajstić information content (AvgIpc) is 3.19. The van der Waals surface area contributed by atoms with Crippen molar-refractivity contribution in [3.05, 3.63) is 29.6 Å². The molecule has 100 valence electrons. The monoisotopic (exact) mass is 248 g/mol. The van der Waals surface area contributed by atoms with Gasteiger partial charge in [-0.25, -0.2) is 0 Å². The Balaban J connectivity index is 1.72. The molecule has 18 heavy (non-hydrogen) atoms. The van der Waals surface area contributed by atoms with Gasteiger partial charge in [-0.1, -0.05) is 19.4 Å². The number of hydrogen-bond acceptors (Lipinski definition) is 3. The van der Waals surface area contributed by atoms with E-state index >= 15 is 0 Å². The molecule has 1 aromatic heterocycles. The van der Waals surface area contributed by atoms with Crippen molar-refractivity contribution in [2.75, 3.05) is 0 Å². The highest BCUT2D eigenvalue weighted by Gasteiger charge is 2.19. The van der Waals surface area contributed by atoms with Crippen LogP contribution in [-0.2, 0) is 17.9 Å². The molecule has 0 bridgehead atoms. The second-order valence-corrected chi connectivity index (χ2v) is 5.22. The van der Waals surface area contributed by atoms with Gasteiger partial charge in [0, 0.05) is 18.8 Å². The summed E-state index contributed by atoms with van der Waals surface area (Å²) >= 11 is 0. The fourth-order valence-corrected chi connectivity index (χ4v) is 1.91. The van der Waals surface area contributed by atoms with Gasteiger partial charge in [-0.2, -0.15) is 0 Å². The molecule has 0 saturated heterocycles. The van der Waals surface area contributed by atoms with Gasteiger partial charge in [0.1, 0.15) is 0 Å². The Morgan fingerprint density at radius 2 is 2.28 bits per heavy atom. The molecule has 0 spiro atoms. The van der Waals surface area contributed by atoms with Gasteiger partial charge in [0.25, 0.3) is 0 Å². The van der Waals surface area contributed by atoms with E-state index in [1.165, 1.54) is 24.8 Å². The third-order valence-electron chi connectivity index (χ3n) is 3.27. The molecule has 0 aliphatic heterocycles. The zero-order valence-electron chi connectivity index (χ0n) is 11.5. The molecular formula is C15H24N2O. The number of pyridine rings is 1. The molecule has 0 aromatic carbocycles. The molecule has 1 heterocycles. The fraction of sp³-hybridized carbons (Fsp3) is 0.667. The standard InChI is InChI=1S/C15H24N2O/c1-3-4-12(2)18-11-15-6-5-13(10-17-15)9-16-14-7-8-14/h5-6,10,12,14,16H,3-4,7-9,11H2,1-2H3. The third kappa shape index (κ3) is 4.75. The molecule has 1 aromatic rings. The first-order chi connectivity index (χ1) is 8.78. The molecular weight excluding hydrogens is 224 g/mol. The quantitative estimate of drug-likeness (QED) is 0.768. The van der Waals surface area contributed by atoms with E-state index in [9.17, 15) is 0 Å². The second-order valence-electron chi connectivity index (χ2n) is 5.22. The minimum absolute atomic E-state index is 0.327. The lowest BCUT2D eigenvalue weighted by Gasteiger charge is -2.11. The molecule has 1 N–H and O–H groups in total. The molecule has 1 aliphatic carbocycles. The molecule has 2 rings (SSSR count). The number of hydrogen-bond donors (Lipinski definition) is 1. The van der Waals surface area contributed by atoms with Crippen LogP contribution >= 0.6 is 0 Å². The summed E-state index contributed by atoms with van der Waals surface area (Å²) in [5.41, 5.74) is 2.28.